The summed E-state index contributed by atoms with van der Waals surface area (Å²) >= 11 is 0. The van der Waals surface area contributed by atoms with E-state index in [2.05, 4.69) is 15.5 Å². The predicted octanol–water partition coefficient (Wildman–Crippen LogP) is 1.52. The molecule has 0 saturated carbocycles. The van der Waals surface area contributed by atoms with Gasteiger partial charge in [0.15, 0.2) is 5.82 Å². The summed E-state index contributed by atoms with van der Waals surface area (Å²) in [5.41, 5.74) is 1.36. The highest BCUT2D eigenvalue weighted by atomic mass is 16.6. The molecule has 0 aliphatic carbocycles. The predicted molar refractivity (Wildman–Crippen MR) is 76.5 cm³/mol. The standard InChI is InChI=1S/C14H14N4O4/c1-9-15-12(17-22-9)8-13(19)16-10-2-4-11(5-3-10)18-6-7-21-14(18)20/h2-5H,6-8H2,1H3,(H,16,19). The Balaban J connectivity index is 1.61. The maximum absolute atomic E-state index is 11.9. The van der Waals surface area contributed by atoms with Gasteiger partial charge in [-0.25, -0.2) is 4.79 Å². The van der Waals surface area contributed by atoms with Crippen LogP contribution >= 0.6 is 0 Å². The summed E-state index contributed by atoms with van der Waals surface area (Å²) in [5.74, 6) is 0.519. The molecule has 3 rings (SSSR count). The summed E-state index contributed by atoms with van der Waals surface area (Å²) in [6.45, 7) is 2.58. The molecule has 1 aliphatic rings. The summed E-state index contributed by atoms with van der Waals surface area (Å²) < 4.78 is 9.69. The van der Waals surface area contributed by atoms with Crippen molar-refractivity contribution < 1.29 is 18.8 Å². The second-order valence-electron chi connectivity index (χ2n) is 4.77. The van der Waals surface area contributed by atoms with Gasteiger partial charge < -0.3 is 14.6 Å². The van der Waals surface area contributed by atoms with E-state index in [9.17, 15) is 9.59 Å². The monoisotopic (exact) mass is 302 g/mol. The Hall–Kier alpha value is -2.90. The number of anilines is 2. The largest absolute Gasteiger partial charge is 0.447 e. The minimum absolute atomic E-state index is 0.0392. The average molecular weight is 302 g/mol. The molecule has 0 radical (unpaired) electrons. The number of benzene rings is 1. The van der Waals surface area contributed by atoms with Crippen LogP contribution in [0.1, 0.15) is 11.7 Å². The van der Waals surface area contributed by atoms with Gasteiger partial charge >= 0.3 is 6.09 Å². The van der Waals surface area contributed by atoms with Crippen LogP contribution < -0.4 is 10.2 Å². The van der Waals surface area contributed by atoms with Crippen molar-refractivity contribution in [2.24, 2.45) is 0 Å². The van der Waals surface area contributed by atoms with Gasteiger partial charge in [0.1, 0.15) is 6.61 Å². The van der Waals surface area contributed by atoms with Crippen molar-refractivity contribution in [1.82, 2.24) is 10.1 Å². The van der Waals surface area contributed by atoms with Crippen LogP contribution in [0.25, 0.3) is 0 Å². The SMILES string of the molecule is Cc1nc(CC(=O)Nc2ccc(N3CCOC3=O)cc2)no1. The van der Waals surface area contributed by atoms with Gasteiger partial charge in [-0.3, -0.25) is 9.69 Å². The van der Waals surface area contributed by atoms with E-state index in [-0.39, 0.29) is 18.4 Å². The van der Waals surface area contributed by atoms with Crippen LogP contribution in [0.5, 0.6) is 0 Å². The van der Waals surface area contributed by atoms with Crippen molar-refractivity contribution in [2.75, 3.05) is 23.4 Å². The number of nitrogens with zero attached hydrogens (tertiary/aromatic N) is 3. The number of aryl methyl sites for hydroxylation is 1. The second-order valence-corrected chi connectivity index (χ2v) is 4.77. The molecule has 0 unspecified atom stereocenters. The van der Waals surface area contributed by atoms with E-state index in [0.29, 0.717) is 30.6 Å². The van der Waals surface area contributed by atoms with Gasteiger partial charge in [0, 0.05) is 18.3 Å². The van der Waals surface area contributed by atoms with Gasteiger partial charge in [0.05, 0.1) is 13.0 Å². The molecule has 8 nitrogen and oxygen atoms in total. The molecule has 1 fully saturated rings. The number of hydrogen-bond acceptors (Lipinski definition) is 6. The van der Waals surface area contributed by atoms with E-state index in [1.165, 1.54) is 4.90 Å². The molecule has 2 amide bonds. The Kier molecular flexibility index (Phi) is 3.73. The van der Waals surface area contributed by atoms with Crippen LogP contribution in [-0.2, 0) is 16.0 Å². The number of rotatable bonds is 4. The molecule has 0 atom stereocenters. The minimum atomic E-state index is -0.357. The van der Waals surface area contributed by atoms with Crippen LogP contribution in [0.15, 0.2) is 28.8 Å². The molecule has 0 spiro atoms. The van der Waals surface area contributed by atoms with E-state index in [1.54, 1.807) is 31.2 Å². The molecule has 1 saturated heterocycles. The number of hydrogen-bond donors (Lipinski definition) is 1. The third kappa shape index (κ3) is 3.05. The lowest BCUT2D eigenvalue weighted by Crippen LogP contribution is -2.23. The smallest absolute Gasteiger partial charge is 0.414 e. The Labute approximate surface area is 126 Å². The number of cyclic esters (lactones) is 1. The fourth-order valence-corrected chi connectivity index (χ4v) is 2.11. The summed E-state index contributed by atoms with van der Waals surface area (Å²) in [4.78, 5) is 28.8. The topological polar surface area (TPSA) is 97.6 Å². The highest BCUT2D eigenvalue weighted by Crippen LogP contribution is 2.21. The molecule has 0 bridgehead atoms. The van der Waals surface area contributed by atoms with E-state index in [4.69, 9.17) is 9.26 Å². The lowest BCUT2D eigenvalue weighted by atomic mass is 10.2. The number of nitrogens with one attached hydrogen (secondary N) is 1. The maximum Gasteiger partial charge on any atom is 0.414 e. The van der Waals surface area contributed by atoms with Gasteiger partial charge in [-0.2, -0.15) is 4.98 Å². The number of aromatic nitrogens is 2. The summed E-state index contributed by atoms with van der Waals surface area (Å²) in [6.07, 6.45) is -0.318. The fraction of sp³-hybridized carbons (Fsp3) is 0.286. The number of carbonyl (C=O) groups excluding carboxylic acids is 2. The van der Waals surface area contributed by atoms with Gasteiger partial charge in [-0.15, -0.1) is 0 Å². The molecule has 2 aromatic rings. The number of amides is 2. The minimum Gasteiger partial charge on any atom is -0.447 e. The van der Waals surface area contributed by atoms with Gasteiger partial charge in [-0.05, 0) is 24.3 Å². The first-order valence-corrected chi connectivity index (χ1v) is 6.75. The normalized spacial score (nSPS) is 14.0. The van der Waals surface area contributed by atoms with Crippen LogP contribution in [-0.4, -0.2) is 35.3 Å². The molecule has 2 heterocycles. The van der Waals surface area contributed by atoms with Gasteiger partial charge in [0.25, 0.3) is 0 Å². The third-order valence-corrected chi connectivity index (χ3v) is 3.11. The lowest BCUT2D eigenvalue weighted by Gasteiger charge is -2.13. The van der Waals surface area contributed by atoms with E-state index < -0.39 is 0 Å². The maximum atomic E-state index is 11.9. The first-order chi connectivity index (χ1) is 10.6. The highest BCUT2D eigenvalue weighted by Gasteiger charge is 2.23. The lowest BCUT2D eigenvalue weighted by molar-refractivity contribution is -0.115. The Morgan fingerprint density at radius 1 is 1.36 bits per heavy atom. The highest BCUT2D eigenvalue weighted by molar-refractivity contribution is 5.93. The van der Waals surface area contributed by atoms with E-state index in [1.807, 2.05) is 0 Å². The molecule has 8 heteroatoms. The second kappa shape index (κ2) is 5.84. The van der Waals surface area contributed by atoms with Crippen LogP contribution in [0.3, 0.4) is 0 Å². The first kappa shape index (κ1) is 14.1. The van der Waals surface area contributed by atoms with E-state index in [0.717, 1.165) is 5.69 Å². The molecular weight excluding hydrogens is 288 g/mol. The van der Waals surface area contributed by atoms with E-state index >= 15 is 0 Å². The quantitative estimate of drug-likeness (QED) is 0.919. The number of ether oxygens (including phenoxy) is 1. The van der Waals surface area contributed by atoms with Crippen LogP contribution in [0.4, 0.5) is 16.2 Å². The molecule has 114 valence electrons. The summed E-state index contributed by atoms with van der Waals surface area (Å²) in [5, 5.41) is 6.40. The van der Waals surface area contributed by atoms with Crippen LogP contribution in [0, 0.1) is 6.92 Å². The zero-order chi connectivity index (χ0) is 15.5. The number of carbonyl (C=O) groups is 2. The molecule has 1 aromatic heterocycles. The van der Waals surface area contributed by atoms with Gasteiger partial charge in [0.2, 0.25) is 11.8 Å². The molecule has 1 aliphatic heterocycles. The molecule has 1 N–H and O–H groups in total. The molecule has 1 aromatic carbocycles. The zero-order valence-corrected chi connectivity index (χ0v) is 11.9. The summed E-state index contributed by atoms with van der Waals surface area (Å²) in [6, 6.07) is 6.95. The van der Waals surface area contributed by atoms with Crippen molar-refractivity contribution in [3.8, 4) is 0 Å². The Bertz CT molecular complexity index is 695. The van der Waals surface area contributed by atoms with Crippen molar-refractivity contribution in [1.29, 1.82) is 0 Å². The fourth-order valence-electron chi connectivity index (χ4n) is 2.11. The van der Waals surface area contributed by atoms with Crippen molar-refractivity contribution in [3.63, 3.8) is 0 Å². The third-order valence-electron chi connectivity index (χ3n) is 3.11. The summed E-state index contributed by atoms with van der Waals surface area (Å²) in [7, 11) is 0. The zero-order valence-electron chi connectivity index (χ0n) is 11.9. The Morgan fingerprint density at radius 3 is 2.73 bits per heavy atom. The Morgan fingerprint density at radius 2 is 2.14 bits per heavy atom. The van der Waals surface area contributed by atoms with Crippen molar-refractivity contribution in [2.45, 2.75) is 13.3 Å². The molecular formula is C14H14N4O4. The molecule has 22 heavy (non-hydrogen) atoms. The van der Waals surface area contributed by atoms with Crippen molar-refractivity contribution >= 4 is 23.4 Å². The van der Waals surface area contributed by atoms with Gasteiger partial charge in [-0.1, -0.05) is 5.16 Å². The van der Waals surface area contributed by atoms with Crippen molar-refractivity contribution in [3.05, 3.63) is 36.0 Å². The van der Waals surface area contributed by atoms with Crippen LogP contribution in [0.2, 0.25) is 0 Å². The first-order valence-electron chi connectivity index (χ1n) is 6.75. The average Bonchev–Trinajstić information content (AvgIpc) is 3.08.